The van der Waals surface area contributed by atoms with E-state index in [1.165, 1.54) is 17.7 Å². The molecule has 1 fully saturated rings. The van der Waals surface area contributed by atoms with Crippen molar-refractivity contribution in [2.24, 2.45) is 5.73 Å². The number of nitrogens with two attached hydrogens (primary N) is 1. The molecule has 1 aromatic heterocycles. The van der Waals surface area contributed by atoms with E-state index in [1.807, 2.05) is 0 Å². The Hall–Kier alpha value is 0.430. The molecule has 0 unspecified atom stereocenters. The maximum Gasteiger partial charge on any atom is 0.107 e. The lowest BCUT2D eigenvalue weighted by molar-refractivity contribution is 0.471. The highest BCUT2D eigenvalue weighted by Gasteiger charge is 2.33. The maximum absolute atomic E-state index is 6.29. The Balaban J connectivity index is 2.34. The van der Waals surface area contributed by atoms with Gasteiger partial charge in [-0.25, -0.2) is 0 Å². The first kappa shape index (κ1) is 9.97. The average Bonchev–Trinajstić information content (AvgIpc) is 2.62. The van der Waals surface area contributed by atoms with Gasteiger partial charge in [0.15, 0.2) is 0 Å². The highest BCUT2D eigenvalue weighted by molar-refractivity contribution is 9.10. The minimum atomic E-state index is -0.0969. The molecule has 1 nitrogen and oxygen atoms in total. The van der Waals surface area contributed by atoms with E-state index >= 15 is 0 Å². The lowest BCUT2D eigenvalue weighted by Gasteiger charge is -2.21. The summed E-state index contributed by atoms with van der Waals surface area (Å²) in [5.74, 6) is 0. The molecule has 0 radical (unpaired) electrons. The molecule has 13 heavy (non-hydrogen) atoms. The highest BCUT2D eigenvalue weighted by Crippen LogP contribution is 2.43. The van der Waals surface area contributed by atoms with Crippen LogP contribution in [0, 0.1) is 0 Å². The zero-order valence-corrected chi connectivity index (χ0v) is 10.3. The molecule has 1 aliphatic carbocycles. The van der Waals surface area contributed by atoms with Gasteiger partial charge in [-0.2, -0.15) is 0 Å². The summed E-state index contributed by atoms with van der Waals surface area (Å²) in [6.45, 7) is 0. The fraction of sp³-hybridized carbons (Fsp3) is 0.556. The molecule has 0 atom stereocenters. The summed E-state index contributed by atoms with van der Waals surface area (Å²) < 4.78 is 1.79. The molecule has 72 valence electrons. The summed E-state index contributed by atoms with van der Waals surface area (Å²) in [5, 5.41) is 0. The van der Waals surface area contributed by atoms with E-state index in [0.29, 0.717) is 0 Å². The van der Waals surface area contributed by atoms with Crippen molar-refractivity contribution in [2.45, 2.75) is 31.2 Å². The first-order chi connectivity index (χ1) is 6.12. The minimum absolute atomic E-state index is 0.0969. The monoisotopic (exact) mass is 279 g/mol. The Labute approximate surface area is 95.4 Å². The van der Waals surface area contributed by atoms with Crippen LogP contribution >= 0.6 is 38.9 Å². The Morgan fingerprint density at radius 1 is 1.46 bits per heavy atom. The smallest absolute Gasteiger partial charge is 0.107 e. The van der Waals surface area contributed by atoms with Crippen LogP contribution in [0.4, 0.5) is 0 Å². The zero-order chi connectivity index (χ0) is 9.47. The molecule has 1 saturated carbocycles. The van der Waals surface area contributed by atoms with Crippen molar-refractivity contribution in [3.05, 3.63) is 19.8 Å². The van der Waals surface area contributed by atoms with Gasteiger partial charge in [0.2, 0.25) is 0 Å². The number of thiophene rings is 1. The van der Waals surface area contributed by atoms with Gasteiger partial charge >= 0.3 is 0 Å². The van der Waals surface area contributed by atoms with E-state index in [-0.39, 0.29) is 5.54 Å². The molecule has 0 aliphatic heterocycles. The van der Waals surface area contributed by atoms with Crippen molar-refractivity contribution in [3.8, 4) is 0 Å². The quantitative estimate of drug-likeness (QED) is 0.830. The lowest BCUT2D eigenvalue weighted by atomic mass is 9.97. The summed E-state index contributed by atoms with van der Waals surface area (Å²) in [6, 6.07) is 2.07. The molecule has 1 aromatic rings. The van der Waals surface area contributed by atoms with Gasteiger partial charge in [0.1, 0.15) is 4.34 Å². The predicted molar refractivity (Wildman–Crippen MR) is 61.4 cm³/mol. The summed E-state index contributed by atoms with van der Waals surface area (Å²) >= 11 is 11.0. The Kier molecular flexibility index (Phi) is 2.71. The molecule has 0 spiro atoms. The lowest BCUT2D eigenvalue weighted by Crippen LogP contribution is -2.31. The fourth-order valence-corrected chi connectivity index (χ4v) is 3.71. The number of halogens is 2. The highest BCUT2D eigenvalue weighted by atomic mass is 79.9. The molecule has 2 N–H and O–H groups in total. The summed E-state index contributed by atoms with van der Waals surface area (Å²) in [4.78, 5) is 1.22. The fourth-order valence-electron chi connectivity index (χ4n) is 1.84. The number of hydrogen-bond donors (Lipinski definition) is 1. The summed E-state index contributed by atoms with van der Waals surface area (Å²) in [7, 11) is 0. The van der Waals surface area contributed by atoms with Crippen LogP contribution in [0.1, 0.15) is 30.6 Å². The Bertz CT molecular complexity index is 298. The van der Waals surface area contributed by atoms with E-state index in [9.17, 15) is 0 Å². The van der Waals surface area contributed by atoms with Crippen molar-refractivity contribution in [1.82, 2.24) is 0 Å². The molecule has 0 bridgehead atoms. The normalized spacial score (nSPS) is 20.8. The largest absolute Gasteiger partial charge is 0.321 e. The average molecular weight is 281 g/mol. The summed E-state index contributed by atoms with van der Waals surface area (Å²) in [6.07, 6.45) is 4.67. The number of hydrogen-bond acceptors (Lipinski definition) is 2. The van der Waals surface area contributed by atoms with Gasteiger partial charge in [0.25, 0.3) is 0 Å². The summed E-state index contributed by atoms with van der Waals surface area (Å²) in [5.41, 5.74) is 6.20. The third-order valence-electron chi connectivity index (χ3n) is 2.63. The molecular weight excluding hydrogens is 270 g/mol. The standard InChI is InChI=1S/C9H11BrClNS/c10-6-5-7(13-8(6)11)9(12)3-1-2-4-9/h5H,1-4,12H2. The molecular formula is C9H11BrClNS. The van der Waals surface area contributed by atoms with Crippen LogP contribution in [0.3, 0.4) is 0 Å². The van der Waals surface area contributed by atoms with Gasteiger partial charge in [-0.1, -0.05) is 24.4 Å². The van der Waals surface area contributed by atoms with Gasteiger partial charge < -0.3 is 5.73 Å². The van der Waals surface area contributed by atoms with E-state index in [2.05, 4.69) is 22.0 Å². The molecule has 1 aliphatic rings. The maximum atomic E-state index is 6.29. The van der Waals surface area contributed by atoms with Crippen molar-refractivity contribution in [2.75, 3.05) is 0 Å². The molecule has 0 aromatic carbocycles. The SMILES string of the molecule is NC1(c2cc(Br)c(Cl)s2)CCCC1. The van der Waals surface area contributed by atoms with Gasteiger partial charge in [-0.05, 0) is 34.8 Å². The Morgan fingerprint density at radius 2 is 2.08 bits per heavy atom. The van der Waals surface area contributed by atoms with E-state index in [1.54, 1.807) is 11.3 Å². The van der Waals surface area contributed by atoms with Gasteiger partial charge in [-0.3, -0.25) is 0 Å². The van der Waals surface area contributed by atoms with Crippen LogP contribution in [-0.2, 0) is 5.54 Å². The van der Waals surface area contributed by atoms with Crippen molar-refractivity contribution in [1.29, 1.82) is 0 Å². The topological polar surface area (TPSA) is 26.0 Å². The van der Waals surface area contributed by atoms with Gasteiger partial charge in [0.05, 0.1) is 5.54 Å². The molecule has 4 heteroatoms. The second kappa shape index (κ2) is 3.54. The van der Waals surface area contributed by atoms with Crippen LogP contribution in [0.5, 0.6) is 0 Å². The first-order valence-electron chi connectivity index (χ1n) is 4.36. The van der Waals surface area contributed by atoms with Crippen LogP contribution in [-0.4, -0.2) is 0 Å². The third-order valence-corrected chi connectivity index (χ3v) is 5.33. The van der Waals surface area contributed by atoms with Crippen molar-refractivity contribution < 1.29 is 0 Å². The Morgan fingerprint density at radius 3 is 2.54 bits per heavy atom. The number of rotatable bonds is 1. The minimum Gasteiger partial charge on any atom is -0.321 e. The third kappa shape index (κ3) is 1.80. The second-order valence-corrected chi connectivity index (χ2v) is 6.10. The first-order valence-corrected chi connectivity index (χ1v) is 6.35. The van der Waals surface area contributed by atoms with Crippen LogP contribution < -0.4 is 5.73 Å². The zero-order valence-electron chi connectivity index (χ0n) is 7.15. The van der Waals surface area contributed by atoms with Gasteiger partial charge in [0, 0.05) is 9.35 Å². The molecule has 2 rings (SSSR count). The molecule has 0 amide bonds. The second-order valence-electron chi connectivity index (χ2n) is 3.60. The van der Waals surface area contributed by atoms with Crippen molar-refractivity contribution >= 4 is 38.9 Å². The van der Waals surface area contributed by atoms with Crippen LogP contribution in [0.25, 0.3) is 0 Å². The molecule has 1 heterocycles. The predicted octanol–water partition coefficient (Wildman–Crippen LogP) is 3.89. The van der Waals surface area contributed by atoms with Crippen molar-refractivity contribution in [3.63, 3.8) is 0 Å². The van der Waals surface area contributed by atoms with Crippen LogP contribution in [0.15, 0.2) is 10.5 Å². The van der Waals surface area contributed by atoms with E-state index in [4.69, 9.17) is 17.3 Å². The van der Waals surface area contributed by atoms with Gasteiger partial charge in [-0.15, -0.1) is 11.3 Å². The van der Waals surface area contributed by atoms with Crippen LogP contribution in [0.2, 0.25) is 4.34 Å². The van der Waals surface area contributed by atoms with E-state index in [0.717, 1.165) is 21.7 Å². The van der Waals surface area contributed by atoms with E-state index < -0.39 is 0 Å². The molecule has 0 saturated heterocycles.